The quantitative estimate of drug-likeness (QED) is 0.452. The normalized spacial score (nSPS) is 15.8. The first-order chi connectivity index (χ1) is 14.9. The molecule has 0 spiro atoms. The molecule has 0 amide bonds. The van der Waals surface area contributed by atoms with Crippen LogP contribution in [0.15, 0.2) is 87.3 Å². The maximum absolute atomic E-state index is 13.1. The van der Waals surface area contributed by atoms with Crippen molar-refractivity contribution < 1.29 is 12.8 Å². The van der Waals surface area contributed by atoms with Crippen molar-refractivity contribution in [3.8, 4) is 0 Å². The van der Waals surface area contributed by atoms with Crippen LogP contribution in [0.5, 0.6) is 0 Å². The number of hydrogen-bond donors (Lipinski definition) is 2. The molecule has 2 heterocycles. The van der Waals surface area contributed by atoms with Crippen LogP contribution in [-0.2, 0) is 10.0 Å². The number of furan rings is 1. The van der Waals surface area contributed by atoms with Crippen molar-refractivity contribution in [3.05, 3.63) is 83.6 Å². The summed E-state index contributed by atoms with van der Waals surface area (Å²) in [5.41, 5.74) is 8.27. The van der Waals surface area contributed by atoms with Crippen LogP contribution in [-0.4, -0.2) is 14.8 Å². The van der Waals surface area contributed by atoms with Crippen LogP contribution in [0.3, 0.4) is 0 Å². The Hall–Kier alpha value is -3.33. The number of hydrogen-bond acceptors (Lipinski definition) is 6. The van der Waals surface area contributed by atoms with Crippen molar-refractivity contribution in [2.75, 3.05) is 9.62 Å². The molecule has 0 fully saturated rings. The van der Waals surface area contributed by atoms with E-state index in [0.29, 0.717) is 27.4 Å². The van der Waals surface area contributed by atoms with Gasteiger partial charge < -0.3 is 15.1 Å². The van der Waals surface area contributed by atoms with E-state index in [1.54, 1.807) is 84.2 Å². The molecule has 0 saturated carbocycles. The molecule has 0 bridgehead atoms. The summed E-state index contributed by atoms with van der Waals surface area (Å²) in [4.78, 5) is 6.19. The van der Waals surface area contributed by atoms with Crippen LogP contribution in [0.1, 0.15) is 11.7 Å². The lowest BCUT2D eigenvalue weighted by Crippen LogP contribution is -2.35. The Labute approximate surface area is 183 Å². The highest BCUT2D eigenvalue weighted by molar-refractivity contribution is 7.93. The van der Waals surface area contributed by atoms with Gasteiger partial charge in [-0.05, 0) is 42.5 Å². The molecule has 31 heavy (non-hydrogen) atoms. The molecule has 4 aromatic rings. The van der Waals surface area contributed by atoms with E-state index >= 15 is 0 Å². The molecule has 0 aliphatic carbocycles. The molecular weight excluding hydrogens is 436 g/mol. The van der Waals surface area contributed by atoms with Gasteiger partial charge >= 0.3 is 0 Å². The summed E-state index contributed by atoms with van der Waals surface area (Å²) in [6.45, 7) is 0. The molecule has 1 aromatic heterocycles. The number of halogens is 1. The number of fused-ring (bicyclic) bond motifs is 2. The highest BCUT2D eigenvalue weighted by Gasteiger charge is 2.24. The van der Waals surface area contributed by atoms with Crippen LogP contribution >= 0.6 is 11.6 Å². The molecular formula is C22H17ClN4O3S. The minimum absolute atomic E-state index is 0.161. The fraction of sp³-hybridized carbons (Fsp3) is 0.0455. The van der Waals surface area contributed by atoms with Gasteiger partial charge in [0.1, 0.15) is 12.5 Å². The topological polar surface area (TPSA) is 101 Å². The standard InChI is InChI=1S/C22H17ClN4O3S/c23-19-5-1-4-17-16(19)3-2-6-20(17)31(28,29)26-14-7-9-15(10-8-14)27-13-25-22-18(21(27)24)11-12-30-22/h1-13,21,26H,24H2. The maximum Gasteiger partial charge on any atom is 0.262 e. The van der Waals surface area contributed by atoms with Gasteiger partial charge in [-0.3, -0.25) is 4.72 Å². The first-order valence-electron chi connectivity index (χ1n) is 9.40. The molecule has 3 N–H and O–H groups in total. The van der Waals surface area contributed by atoms with Gasteiger partial charge in [-0.15, -0.1) is 0 Å². The number of sulfonamides is 1. The third kappa shape index (κ3) is 3.44. The fourth-order valence-corrected chi connectivity index (χ4v) is 5.11. The molecule has 0 saturated heterocycles. The summed E-state index contributed by atoms with van der Waals surface area (Å²) in [6, 6.07) is 18.9. The number of benzene rings is 3. The molecule has 1 aliphatic heterocycles. The second kappa shape index (κ2) is 7.42. The third-order valence-corrected chi connectivity index (χ3v) is 6.90. The van der Waals surface area contributed by atoms with E-state index in [1.165, 1.54) is 0 Å². The second-order valence-electron chi connectivity index (χ2n) is 7.02. The van der Waals surface area contributed by atoms with E-state index in [4.69, 9.17) is 21.8 Å². The van der Waals surface area contributed by atoms with Crippen LogP contribution in [0, 0.1) is 0 Å². The Kier molecular flexibility index (Phi) is 4.70. The van der Waals surface area contributed by atoms with Crippen molar-refractivity contribution in [2.45, 2.75) is 11.1 Å². The summed E-state index contributed by atoms with van der Waals surface area (Å²) < 4.78 is 34.0. The van der Waals surface area contributed by atoms with Gasteiger partial charge in [0.2, 0.25) is 5.88 Å². The molecule has 156 valence electrons. The Morgan fingerprint density at radius 1 is 1.00 bits per heavy atom. The van der Waals surface area contributed by atoms with Gasteiger partial charge in [-0.25, -0.2) is 13.4 Å². The fourth-order valence-electron chi connectivity index (χ4n) is 3.59. The SMILES string of the molecule is NC1c2ccoc2N=CN1c1ccc(NS(=O)(=O)c2cccc3c(Cl)cccc23)cc1. The monoisotopic (exact) mass is 452 g/mol. The van der Waals surface area contributed by atoms with Gasteiger partial charge in [0.25, 0.3) is 10.0 Å². The predicted octanol–water partition coefficient (Wildman–Crippen LogP) is 5.02. The van der Waals surface area contributed by atoms with E-state index < -0.39 is 16.2 Å². The lowest BCUT2D eigenvalue weighted by Gasteiger charge is -2.29. The minimum atomic E-state index is -3.82. The van der Waals surface area contributed by atoms with E-state index in [0.717, 1.165) is 11.3 Å². The predicted molar refractivity (Wildman–Crippen MR) is 122 cm³/mol. The van der Waals surface area contributed by atoms with Gasteiger partial charge in [0.05, 0.1) is 16.7 Å². The van der Waals surface area contributed by atoms with Gasteiger partial charge in [-0.2, -0.15) is 0 Å². The zero-order valence-electron chi connectivity index (χ0n) is 16.1. The number of nitrogens with two attached hydrogens (primary N) is 1. The average Bonchev–Trinajstić information content (AvgIpc) is 3.24. The molecule has 9 heteroatoms. The van der Waals surface area contributed by atoms with Crippen molar-refractivity contribution in [1.29, 1.82) is 0 Å². The summed E-state index contributed by atoms with van der Waals surface area (Å²) in [7, 11) is -3.82. The zero-order chi connectivity index (χ0) is 21.6. The van der Waals surface area contributed by atoms with Gasteiger partial charge in [-0.1, -0.05) is 35.9 Å². The number of nitrogens with one attached hydrogen (secondary N) is 1. The van der Waals surface area contributed by atoms with Crippen molar-refractivity contribution in [3.63, 3.8) is 0 Å². The highest BCUT2D eigenvalue weighted by Crippen LogP contribution is 2.34. The van der Waals surface area contributed by atoms with Crippen molar-refractivity contribution in [2.24, 2.45) is 10.7 Å². The lowest BCUT2D eigenvalue weighted by atomic mass is 10.1. The average molecular weight is 453 g/mol. The van der Waals surface area contributed by atoms with Crippen LogP contribution in [0.4, 0.5) is 17.3 Å². The number of nitrogens with zero attached hydrogens (tertiary/aromatic N) is 2. The summed E-state index contributed by atoms with van der Waals surface area (Å²) >= 11 is 6.22. The second-order valence-corrected chi connectivity index (χ2v) is 9.08. The Morgan fingerprint density at radius 2 is 1.74 bits per heavy atom. The Balaban J connectivity index is 1.42. The van der Waals surface area contributed by atoms with Gasteiger partial charge in [0.15, 0.2) is 0 Å². The van der Waals surface area contributed by atoms with Crippen molar-refractivity contribution >= 4 is 56.0 Å². The van der Waals surface area contributed by atoms with Crippen molar-refractivity contribution in [1.82, 2.24) is 0 Å². The van der Waals surface area contributed by atoms with Gasteiger partial charge in [0, 0.05) is 27.2 Å². The van der Waals surface area contributed by atoms with E-state index in [9.17, 15) is 8.42 Å². The maximum atomic E-state index is 13.1. The molecule has 0 radical (unpaired) electrons. The Bertz CT molecular complexity index is 1410. The van der Waals surface area contributed by atoms with Crippen LogP contribution in [0.2, 0.25) is 5.02 Å². The smallest absolute Gasteiger partial charge is 0.262 e. The zero-order valence-corrected chi connectivity index (χ0v) is 17.6. The molecule has 7 nitrogen and oxygen atoms in total. The summed E-state index contributed by atoms with van der Waals surface area (Å²) in [5.74, 6) is 0.489. The number of anilines is 2. The number of rotatable bonds is 4. The highest BCUT2D eigenvalue weighted by atomic mass is 35.5. The first-order valence-corrected chi connectivity index (χ1v) is 11.3. The van der Waals surface area contributed by atoms with E-state index in [-0.39, 0.29) is 4.90 Å². The lowest BCUT2D eigenvalue weighted by molar-refractivity contribution is 0.567. The minimum Gasteiger partial charge on any atom is -0.446 e. The van der Waals surface area contributed by atoms with Crippen LogP contribution < -0.4 is 15.4 Å². The molecule has 5 rings (SSSR count). The molecule has 1 aliphatic rings. The van der Waals surface area contributed by atoms with Crippen LogP contribution in [0.25, 0.3) is 10.8 Å². The summed E-state index contributed by atoms with van der Waals surface area (Å²) in [5, 5.41) is 1.74. The Morgan fingerprint density at radius 3 is 2.55 bits per heavy atom. The largest absolute Gasteiger partial charge is 0.446 e. The first kappa shape index (κ1) is 19.6. The summed E-state index contributed by atoms with van der Waals surface area (Å²) in [6.07, 6.45) is 2.69. The molecule has 1 atom stereocenters. The molecule has 1 unspecified atom stereocenters. The van der Waals surface area contributed by atoms with E-state index in [1.807, 2.05) is 0 Å². The third-order valence-electron chi connectivity index (χ3n) is 5.13. The number of aliphatic imine (C=N–C) groups is 1. The van der Waals surface area contributed by atoms with E-state index in [2.05, 4.69) is 9.71 Å². The molecule has 3 aromatic carbocycles.